The van der Waals surface area contributed by atoms with Crippen molar-refractivity contribution in [2.24, 2.45) is 0 Å². The van der Waals surface area contributed by atoms with Gasteiger partial charge in [0.2, 0.25) is 5.95 Å². The summed E-state index contributed by atoms with van der Waals surface area (Å²) in [4.78, 5) is 12.3. The van der Waals surface area contributed by atoms with Crippen molar-refractivity contribution in [3.05, 3.63) is 34.7 Å². The first-order valence-electron chi connectivity index (χ1n) is 5.43. The van der Waals surface area contributed by atoms with Gasteiger partial charge in [0.1, 0.15) is 5.69 Å². The van der Waals surface area contributed by atoms with Crippen LogP contribution in [0.15, 0.2) is 18.2 Å². The Hall–Kier alpha value is -1.79. The first-order valence-corrected chi connectivity index (χ1v) is 6.34. The number of nitrogen functional groups attached to an aromatic ring is 2. The SMILES string of the molecule is Nc1nc(NCc2cccc(CCl)n2)nc(Cl)c1N. The summed E-state index contributed by atoms with van der Waals surface area (Å²) in [6, 6.07) is 5.60. The van der Waals surface area contributed by atoms with Crippen molar-refractivity contribution < 1.29 is 0 Å². The van der Waals surface area contributed by atoms with E-state index in [9.17, 15) is 0 Å². The lowest BCUT2D eigenvalue weighted by atomic mass is 10.3. The van der Waals surface area contributed by atoms with Gasteiger partial charge >= 0.3 is 0 Å². The summed E-state index contributed by atoms with van der Waals surface area (Å²) in [5.41, 5.74) is 13.0. The zero-order valence-corrected chi connectivity index (χ0v) is 11.4. The number of hydrogen-bond donors (Lipinski definition) is 3. The lowest BCUT2D eigenvalue weighted by molar-refractivity contribution is 0.980. The van der Waals surface area contributed by atoms with Crippen molar-refractivity contribution >= 4 is 40.7 Å². The molecule has 0 atom stereocenters. The molecule has 0 fully saturated rings. The molecule has 2 aromatic rings. The summed E-state index contributed by atoms with van der Waals surface area (Å²) in [6.45, 7) is 0.435. The summed E-state index contributed by atoms with van der Waals surface area (Å²) in [5.74, 6) is 0.810. The van der Waals surface area contributed by atoms with Gasteiger partial charge in [-0.05, 0) is 12.1 Å². The molecule has 2 rings (SSSR count). The highest BCUT2D eigenvalue weighted by atomic mass is 35.5. The number of alkyl halides is 1. The fraction of sp³-hybridized carbons (Fsp3) is 0.182. The molecule has 0 amide bonds. The van der Waals surface area contributed by atoms with Gasteiger partial charge in [0.25, 0.3) is 0 Å². The minimum Gasteiger partial charge on any atom is -0.393 e. The number of nitrogens with one attached hydrogen (secondary N) is 1. The minimum atomic E-state index is 0.123. The van der Waals surface area contributed by atoms with Crippen molar-refractivity contribution in [1.82, 2.24) is 15.0 Å². The maximum Gasteiger partial charge on any atom is 0.226 e. The number of pyridine rings is 1. The predicted molar refractivity (Wildman–Crippen MR) is 77.0 cm³/mol. The summed E-state index contributed by atoms with van der Waals surface area (Å²) in [7, 11) is 0. The Bertz CT molecular complexity index is 566. The lowest BCUT2D eigenvalue weighted by Crippen LogP contribution is -2.09. The van der Waals surface area contributed by atoms with Gasteiger partial charge in [-0.25, -0.2) is 0 Å². The minimum absolute atomic E-state index is 0.123. The zero-order chi connectivity index (χ0) is 13.8. The molecule has 0 aliphatic heterocycles. The number of aromatic nitrogens is 3. The molecule has 8 heteroatoms. The predicted octanol–water partition coefficient (Wildman–Crippen LogP) is 2.04. The van der Waals surface area contributed by atoms with Crippen LogP contribution in [0.4, 0.5) is 17.5 Å². The summed E-state index contributed by atoms with van der Waals surface area (Å²) >= 11 is 11.5. The van der Waals surface area contributed by atoms with E-state index in [0.29, 0.717) is 18.4 Å². The number of nitrogens with zero attached hydrogens (tertiary/aromatic N) is 3. The quantitative estimate of drug-likeness (QED) is 0.589. The third-order valence-electron chi connectivity index (χ3n) is 2.36. The molecule has 100 valence electrons. The van der Waals surface area contributed by atoms with Gasteiger partial charge < -0.3 is 16.8 Å². The van der Waals surface area contributed by atoms with Crippen LogP contribution in [0.2, 0.25) is 5.15 Å². The second-order valence-corrected chi connectivity index (χ2v) is 4.37. The van der Waals surface area contributed by atoms with Crippen LogP contribution in [0.5, 0.6) is 0 Å². The maximum atomic E-state index is 5.82. The van der Waals surface area contributed by atoms with Crippen molar-refractivity contribution in [2.45, 2.75) is 12.4 Å². The first-order chi connectivity index (χ1) is 9.10. The Morgan fingerprint density at radius 3 is 2.53 bits per heavy atom. The summed E-state index contributed by atoms with van der Waals surface area (Å²) in [5, 5.41) is 3.10. The van der Waals surface area contributed by atoms with Gasteiger partial charge in [0.05, 0.1) is 23.8 Å². The molecule has 0 aromatic carbocycles. The van der Waals surface area contributed by atoms with E-state index in [2.05, 4.69) is 20.3 Å². The van der Waals surface area contributed by atoms with E-state index in [0.717, 1.165) is 11.4 Å². The van der Waals surface area contributed by atoms with Crippen LogP contribution in [-0.4, -0.2) is 15.0 Å². The topological polar surface area (TPSA) is 103 Å². The van der Waals surface area contributed by atoms with Crippen LogP contribution in [0.1, 0.15) is 11.4 Å². The van der Waals surface area contributed by atoms with Crippen molar-refractivity contribution in [2.75, 3.05) is 16.8 Å². The normalized spacial score (nSPS) is 10.4. The molecular weight excluding hydrogens is 287 g/mol. The Kier molecular flexibility index (Phi) is 4.24. The fourth-order valence-electron chi connectivity index (χ4n) is 1.41. The molecular formula is C11H12Cl2N6. The van der Waals surface area contributed by atoms with Crippen LogP contribution in [0.25, 0.3) is 0 Å². The van der Waals surface area contributed by atoms with Crippen LogP contribution in [0, 0.1) is 0 Å². The number of nitrogens with two attached hydrogens (primary N) is 2. The Morgan fingerprint density at radius 2 is 1.84 bits per heavy atom. The Labute approximate surface area is 120 Å². The van der Waals surface area contributed by atoms with Crippen molar-refractivity contribution in [1.29, 1.82) is 0 Å². The van der Waals surface area contributed by atoms with E-state index < -0.39 is 0 Å². The van der Waals surface area contributed by atoms with E-state index >= 15 is 0 Å². The van der Waals surface area contributed by atoms with Crippen LogP contribution < -0.4 is 16.8 Å². The molecule has 19 heavy (non-hydrogen) atoms. The van der Waals surface area contributed by atoms with Gasteiger partial charge in [-0.3, -0.25) is 4.98 Å². The molecule has 5 N–H and O–H groups in total. The van der Waals surface area contributed by atoms with E-state index in [-0.39, 0.29) is 16.7 Å². The number of anilines is 3. The average molecular weight is 299 g/mol. The van der Waals surface area contributed by atoms with E-state index in [1.54, 1.807) is 0 Å². The molecule has 6 nitrogen and oxygen atoms in total. The summed E-state index contributed by atoms with van der Waals surface area (Å²) in [6.07, 6.45) is 0. The molecule has 2 aromatic heterocycles. The molecule has 0 spiro atoms. The fourth-order valence-corrected chi connectivity index (χ4v) is 1.73. The second-order valence-electron chi connectivity index (χ2n) is 3.74. The zero-order valence-electron chi connectivity index (χ0n) is 9.90. The van der Waals surface area contributed by atoms with Crippen molar-refractivity contribution in [3.63, 3.8) is 0 Å². The second kappa shape index (κ2) is 5.90. The number of halogens is 2. The molecule has 0 saturated carbocycles. The molecule has 0 saturated heterocycles. The van der Waals surface area contributed by atoms with E-state index in [1.807, 2.05) is 18.2 Å². The van der Waals surface area contributed by atoms with E-state index in [4.69, 9.17) is 34.7 Å². The molecule has 0 radical (unpaired) electrons. The van der Waals surface area contributed by atoms with E-state index in [1.165, 1.54) is 0 Å². The molecule has 0 unspecified atom stereocenters. The molecule has 0 aliphatic carbocycles. The lowest BCUT2D eigenvalue weighted by Gasteiger charge is -2.08. The number of rotatable bonds is 4. The van der Waals surface area contributed by atoms with Gasteiger partial charge in [-0.1, -0.05) is 17.7 Å². The van der Waals surface area contributed by atoms with Crippen molar-refractivity contribution in [3.8, 4) is 0 Å². The summed E-state index contributed by atoms with van der Waals surface area (Å²) < 4.78 is 0. The standard InChI is InChI=1S/C11H12Cl2N6/c12-4-6-2-1-3-7(17-6)5-16-11-18-9(13)8(14)10(15)19-11/h1-3H,4-5,14H2,(H3,15,16,18,19). The highest BCUT2D eigenvalue weighted by Gasteiger charge is 2.07. The Balaban J connectivity index is 2.10. The van der Waals surface area contributed by atoms with Gasteiger partial charge in [-0.2, -0.15) is 9.97 Å². The largest absolute Gasteiger partial charge is 0.393 e. The number of hydrogen-bond acceptors (Lipinski definition) is 6. The van der Waals surface area contributed by atoms with Gasteiger partial charge in [0.15, 0.2) is 11.0 Å². The third-order valence-corrected chi connectivity index (χ3v) is 2.92. The molecule has 2 heterocycles. The highest BCUT2D eigenvalue weighted by Crippen LogP contribution is 2.22. The van der Waals surface area contributed by atoms with Crippen LogP contribution >= 0.6 is 23.2 Å². The maximum absolute atomic E-state index is 5.82. The van der Waals surface area contributed by atoms with Crippen LogP contribution in [-0.2, 0) is 12.4 Å². The Morgan fingerprint density at radius 1 is 1.11 bits per heavy atom. The average Bonchev–Trinajstić information content (AvgIpc) is 2.42. The van der Waals surface area contributed by atoms with Crippen LogP contribution in [0.3, 0.4) is 0 Å². The third kappa shape index (κ3) is 3.36. The molecule has 0 bridgehead atoms. The smallest absolute Gasteiger partial charge is 0.226 e. The first kappa shape index (κ1) is 13.6. The highest BCUT2D eigenvalue weighted by molar-refractivity contribution is 6.32. The van der Waals surface area contributed by atoms with Gasteiger partial charge in [0, 0.05) is 0 Å². The molecule has 0 aliphatic rings. The van der Waals surface area contributed by atoms with Gasteiger partial charge in [-0.15, -0.1) is 11.6 Å². The monoisotopic (exact) mass is 298 g/mol.